The fourth-order valence-electron chi connectivity index (χ4n) is 2.70. The van der Waals surface area contributed by atoms with Gasteiger partial charge in [-0.25, -0.2) is 0 Å². The molecule has 0 aliphatic heterocycles. The van der Waals surface area contributed by atoms with E-state index >= 15 is 0 Å². The Balaban J connectivity index is 0. The number of pyridine rings is 4. The van der Waals surface area contributed by atoms with Gasteiger partial charge in [-0.3, -0.25) is 19.9 Å². The first kappa shape index (κ1) is 36.5. The van der Waals surface area contributed by atoms with Gasteiger partial charge in [-0.15, -0.1) is 12.3 Å². The van der Waals surface area contributed by atoms with Crippen LogP contribution in [0.4, 0.5) is 0 Å². The number of hydrogen-bond acceptors (Lipinski definition) is 6. The summed E-state index contributed by atoms with van der Waals surface area (Å²) in [4.78, 5) is 17.2. The first-order valence-corrected chi connectivity index (χ1v) is 11.7. The number of hydrogen-bond donors (Lipinski definition) is 0. The Labute approximate surface area is 249 Å². The van der Waals surface area contributed by atoms with Crippen molar-refractivity contribution in [2.75, 3.05) is 0 Å². The maximum absolute atomic E-state index is 7.13. The van der Waals surface area contributed by atoms with Gasteiger partial charge in [0, 0.05) is 24.8 Å². The monoisotopic (exact) mass is 626 g/mol. The SMILES string of the molecule is C#CC.Cc1ccnc(-c2cc(C)ccn2)c1.Cc1ccnc(-c2cc(C)ccn2)c1.[N-]=C=S.[N-]=C=S.[Ru+2]. The van der Waals surface area contributed by atoms with E-state index in [1.165, 1.54) is 32.6 Å². The van der Waals surface area contributed by atoms with Gasteiger partial charge in [0.25, 0.3) is 0 Å². The molecule has 0 saturated heterocycles. The van der Waals surface area contributed by atoms with E-state index in [1.807, 2.05) is 73.3 Å². The fraction of sp³-hybridized carbons (Fsp3) is 0.172. The molecule has 0 aliphatic rings. The van der Waals surface area contributed by atoms with Crippen LogP contribution in [-0.4, -0.2) is 30.3 Å². The predicted molar refractivity (Wildman–Crippen MR) is 160 cm³/mol. The average Bonchev–Trinajstić information content (AvgIpc) is 2.86. The molecular weight excluding hydrogens is 598 g/mol. The van der Waals surface area contributed by atoms with Crippen LogP contribution in [0.1, 0.15) is 29.2 Å². The molecular formula is C29H28N6RuS2. The molecule has 9 heteroatoms. The molecule has 0 saturated carbocycles. The van der Waals surface area contributed by atoms with Crippen LogP contribution in [0.25, 0.3) is 33.6 Å². The molecule has 38 heavy (non-hydrogen) atoms. The van der Waals surface area contributed by atoms with Crippen molar-refractivity contribution < 1.29 is 19.5 Å². The van der Waals surface area contributed by atoms with E-state index in [2.05, 4.69) is 84.4 Å². The van der Waals surface area contributed by atoms with Gasteiger partial charge in [0.05, 0.1) is 22.8 Å². The molecule has 0 amide bonds. The summed E-state index contributed by atoms with van der Waals surface area (Å²) in [7, 11) is 0. The van der Waals surface area contributed by atoms with Crippen molar-refractivity contribution in [1.29, 1.82) is 0 Å². The van der Waals surface area contributed by atoms with E-state index in [1.54, 1.807) is 6.92 Å². The van der Waals surface area contributed by atoms with Gasteiger partial charge in [0.15, 0.2) is 0 Å². The maximum Gasteiger partial charge on any atom is 2.00 e. The van der Waals surface area contributed by atoms with Gasteiger partial charge in [0.1, 0.15) is 0 Å². The van der Waals surface area contributed by atoms with Crippen LogP contribution >= 0.6 is 24.4 Å². The third-order valence-electron chi connectivity index (χ3n) is 4.19. The minimum atomic E-state index is 0. The Morgan fingerprint density at radius 2 is 0.737 bits per heavy atom. The van der Waals surface area contributed by atoms with Crippen molar-refractivity contribution in [2.24, 2.45) is 0 Å². The second-order valence-corrected chi connectivity index (χ2v) is 7.71. The number of thiocarbonyl (C=S) groups is 2. The van der Waals surface area contributed by atoms with Crippen LogP contribution in [0.15, 0.2) is 73.3 Å². The maximum atomic E-state index is 7.13. The molecule has 0 N–H and O–H groups in total. The van der Waals surface area contributed by atoms with Crippen LogP contribution < -0.4 is 0 Å². The van der Waals surface area contributed by atoms with Crippen LogP contribution in [0, 0.1) is 40.0 Å². The van der Waals surface area contributed by atoms with E-state index in [-0.39, 0.29) is 19.5 Å². The number of rotatable bonds is 2. The number of aryl methyl sites for hydroxylation is 4. The predicted octanol–water partition coefficient (Wildman–Crippen LogP) is 7.48. The van der Waals surface area contributed by atoms with Crippen LogP contribution in [0.2, 0.25) is 0 Å². The second-order valence-electron chi connectivity index (χ2n) is 7.34. The standard InChI is InChI=1S/2C12H12N2.C3H4.2CNS.Ru/c2*1-9-3-5-13-11(7-9)12-8-10(2)4-6-14-12;1-3-2;2*2-1-3;/h2*3-8H,1-2H3;1H,2H3;;;/q;;;2*-1;+2. The summed E-state index contributed by atoms with van der Waals surface area (Å²) >= 11 is 7.40. The van der Waals surface area contributed by atoms with Gasteiger partial charge in [-0.1, -0.05) is 24.4 Å². The fourth-order valence-corrected chi connectivity index (χ4v) is 2.70. The Morgan fingerprint density at radius 3 is 0.868 bits per heavy atom. The average molecular weight is 626 g/mol. The smallest absolute Gasteiger partial charge is 0.753 e. The van der Waals surface area contributed by atoms with Gasteiger partial charge in [0.2, 0.25) is 0 Å². The number of nitrogens with zero attached hydrogens (tertiary/aromatic N) is 6. The minimum absolute atomic E-state index is 0. The molecule has 0 unspecified atom stereocenters. The summed E-state index contributed by atoms with van der Waals surface area (Å²) in [5.41, 5.74) is 8.58. The molecule has 0 bridgehead atoms. The molecule has 0 atom stereocenters. The van der Waals surface area contributed by atoms with E-state index in [0.717, 1.165) is 22.8 Å². The largest absolute Gasteiger partial charge is 2.00 e. The molecule has 0 fully saturated rings. The zero-order valence-corrected chi connectivity index (χ0v) is 25.2. The summed E-state index contributed by atoms with van der Waals surface area (Å²) in [6.45, 7) is 9.88. The molecule has 0 aromatic carbocycles. The summed E-state index contributed by atoms with van der Waals surface area (Å²) in [5, 5.41) is 16.9. The normalized spacial score (nSPS) is 8.11. The minimum Gasteiger partial charge on any atom is -0.753 e. The zero-order chi connectivity index (χ0) is 28.1. The molecule has 194 valence electrons. The molecule has 4 aromatic heterocycles. The number of isothiocyanates is 2. The molecule has 4 heterocycles. The third-order valence-corrected chi connectivity index (χ3v) is 4.19. The Bertz CT molecular complexity index is 1170. The Hall–Kier alpha value is -3.62. The van der Waals surface area contributed by atoms with E-state index in [9.17, 15) is 0 Å². The quantitative estimate of drug-likeness (QED) is 0.0992. The van der Waals surface area contributed by atoms with Gasteiger partial charge in [-0.05, 0) is 105 Å². The molecule has 4 rings (SSSR count). The molecule has 4 aromatic rings. The second kappa shape index (κ2) is 22.6. The summed E-state index contributed by atoms with van der Waals surface area (Å²) < 4.78 is 0. The van der Waals surface area contributed by atoms with Crippen LogP contribution in [0.5, 0.6) is 0 Å². The first-order valence-electron chi connectivity index (χ1n) is 10.9. The molecule has 0 radical (unpaired) electrons. The van der Waals surface area contributed by atoms with Gasteiger partial charge >= 0.3 is 19.5 Å². The van der Waals surface area contributed by atoms with Crippen molar-refractivity contribution in [1.82, 2.24) is 19.9 Å². The molecule has 6 nitrogen and oxygen atoms in total. The summed E-state index contributed by atoms with van der Waals surface area (Å²) in [6.07, 6.45) is 11.9. The van der Waals surface area contributed by atoms with Gasteiger partial charge < -0.3 is 10.8 Å². The van der Waals surface area contributed by atoms with Gasteiger partial charge in [-0.2, -0.15) is 10.3 Å². The van der Waals surface area contributed by atoms with E-state index in [4.69, 9.17) is 10.8 Å². The van der Waals surface area contributed by atoms with Crippen molar-refractivity contribution >= 4 is 34.8 Å². The van der Waals surface area contributed by atoms with Crippen LogP contribution in [-0.2, 0) is 19.5 Å². The van der Waals surface area contributed by atoms with Crippen LogP contribution in [0.3, 0.4) is 0 Å². The van der Waals surface area contributed by atoms with Crippen molar-refractivity contribution in [2.45, 2.75) is 34.6 Å². The molecule has 0 spiro atoms. The van der Waals surface area contributed by atoms with Crippen molar-refractivity contribution in [3.8, 4) is 35.1 Å². The topological polar surface area (TPSA) is 96.2 Å². The van der Waals surface area contributed by atoms with E-state index in [0.29, 0.717) is 0 Å². The number of terminal acetylenes is 1. The Kier molecular flexibility index (Phi) is 21.7. The summed E-state index contributed by atoms with van der Waals surface area (Å²) in [6, 6.07) is 16.1. The van der Waals surface area contributed by atoms with E-state index < -0.39 is 0 Å². The zero-order valence-electron chi connectivity index (χ0n) is 21.9. The summed E-state index contributed by atoms with van der Waals surface area (Å²) in [5.74, 6) is 2.25. The van der Waals surface area contributed by atoms with Crippen molar-refractivity contribution in [3.63, 3.8) is 0 Å². The number of aromatic nitrogens is 4. The van der Waals surface area contributed by atoms with Crippen molar-refractivity contribution in [3.05, 3.63) is 106 Å². The third kappa shape index (κ3) is 16.2. The Morgan fingerprint density at radius 1 is 0.579 bits per heavy atom. The molecule has 0 aliphatic carbocycles. The first-order chi connectivity index (χ1) is 17.8.